The highest BCUT2D eigenvalue weighted by Gasteiger charge is 2.42. The molecule has 1 saturated heterocycles. The fraction of sp³-hybridized carbons (Fsp3) is 0.583. The van der Waals surface area contributed by atoms with Crippen LogP contribution in [0.1, 0.15) is 13.2 Å². The number of nitrogens with two attached hydrogens (primary N) is 1. The van der Waals surface area contributed by atoms with Crippen molar-refractivity contribution in [2.24, 2.45) is 5.92 Å². The minimum absolute atomic E-state index is 0.0140. The maximum atomic E-state index is 10.4. The van der Waals surface area contributed by atoms with Gasteiger partial charge in [0.1, 0.15) is 12.3 Å². The van der Waals surface area contributed by atoms with Crippen LogP contribution >= 0.6 is 8.69 Å². The Kier molecular flexibility index (Phi) is 4.40. The minimum Gasteiger partial charge on any atom is -0.479 e. The van der Waals surface area contributed by atoms with Gasteiger partial charge in [-0.15, -0.1) is 0 Å². The first kappa shape index (κ1) is 16.0. The molecule has 23 heavy (non-hydrogen) atoms. The van der Waals surface area contributed by atoms with Gasteiger partial charge in [0.05, 0.1) is 26.1 Å². The van der Waals surface area contributed by atoms with Crippen molar-refractivity contribution < 1.29 is 23.7 Å². The Hall–Kier alpha value is -1.87. The Morgan fingerprint density at radius 3 is 3.00 bits per heavy atom. The van der Waals surface area contributed by atoms with Gasteiger partial charge in [0, 0.05) is 5.92 Å². The van der Waals surface area contributed by atoms with Gasteiger partial charge in [-0.25, -0.2) is 9.55 Å². The smallest absolute Gasteiger partial charge is 0.327 e. The lowest BCUT2D eigenvalue weighted by molar-refractivity contribution is -0.0380. The zero-order valence-electron chi connectivity index (χ0n) is 12.5. The zero-order chi connectivity index (χ0) is 16.6. The van der Waals surface area contributed by atoms with Crippen LogP contribution in [0.2, 0.25) is 0 Å². The molecular weight excluding hydrogens is 325 g/mol. The van der Waals surface area contributed by atoms with Crippen LogP contribution in [0.5, 0.6) is 5.88 Å². The van der Waals surface area contributed by atoms with Gasteiger partial charge < -0.3 is 20.3 Å². The van der Waals surface area contributed by atoms with E-state index in [1.54, 1.807) is 4.57 Å². The summed E-state index contributed by atoms with van der Waals surface area (Å²) in [5.41, 5.74) is 6.59. The number of imidazole rings is 1. The molecule has 1 aliphatic heterocycles. The minimum atomic E-state index is -0.778. The van der Waals surface area contributed by atoms with Gasteiger partial charge >= 0.3 is 8.69 Å². The van der Waals surface area contributed by atoms with E-state index in [0.29, 0.717) is 11.2 Å². The fourth-order valence-electron chi connectivity index (χ4n) is 2.69. The van der Waals surface area contributed by atoms with Crippen LogP contribution in [-0.2, 0) is 13.8 Å². The van der Waals surface area contributed by atoms with Gasteiger partial charge in [0.2, 0.25) is 11.8 Å². The van der Waals surface area contributed by atoms with Crippen molar-refractivity contribution in [2.45, 2.75) is 25.4 Å². The van der Waals surface area contributed by atoms with Gasteiger partial charge in [0.25, 0.3) is 0 Å². The number of hydrogen-bond acceptors (Lipinski definition) is 9. The van der Waals surface area contributed by atoms with Crippen LogP contribution in [0.25, 0.3) is 11.2 Å². The number of hydrogen-bond donors (Lipinski definition) is 2. The molecule has 1 fully saturated rings. The summed E-state index contributed by atoms with van der Waals surface area (Å²) >= 11 is 0. The molecule has 0 aromatic carbocycles. The van der Waals surface area contributed by atoms with Crippen LogP contribution in [-0.4, -0.2) is 50.6 Å². The molecule has 11 heteroatoms. The highest BCUT2D eigenvalue weighted by atomic mass is 31.1. The van der Waals surface area contributed by atoms with Crippen LogP contribution in [0.3, 0.4) is 0 Å². The number of rotatable bonds is 5. The second-order valence-corrected chi connectivity index (χ2v) is 5.61. The highest BCUT2D eigenvalue weighted by molar-refractivity contribution is 7.17. The van der Waals surface area contributed by atoms with Crippen molar-refractivity contribution in [3.05, 3.63) is 6.33 Å². The lowest BCUT2D eigenvalue weighted by Gasteiger charge is -2.17. The van der Waals surface area contributed by atoms with Crippen LogP contribution < -0.4 is 10.5 Å². The van der Waals surface area contributed by atoms with Gasteiger partial charge in [-0.3, -0.25) is 9.09 Å². The second-order valence-electron chi connectivity index (χ2n) is 5.20. The maximum Gasteiger partial charge on any atom is 0.327 e. The predicted octanol–water partition coefficient (Wildman–Crippen LogP) is 0.535. The third-order valence-electron chi connectivity index (χ3n) is 3.85. The zero-order valence-corrected chi connectivity index (χ0v) is 13.4. The van der Waals surface area contributed by atoms with Crippen molar-refractivity contribution >= 4 is 25.8 Å². The molecular formula is C12H16N5O5P. The molecule has 2 aromatic heterocycles. The fourth-order valence-corrected chi connectivity index (χ4v) is 2.89. The van der Waals surface area contributed by atoms with E-state index >= 15 is 0 Å². The Balaban J connectivity index is 1.97. The summed E-state index contributed by atoms with van der Waals surface area (Å²) in [4.78, 5) is 12.4. The number of aromatic nitrogens is 4. The molecule has 3 heterocycles. The highest BCUT2D eigenvalue weighted by Crippen LogP contribution is 2.37. The van der Waals surface area contributed by atoms with Crippen LogP contribution in [0, 0.1) is 5.92 Å². The van der Waals surface area contributed by atoms with Gasteiger partial charge in [-0.2, -0.15) is 9.97 Å². The van der Waals surface area contributed by atoms with E-state index in [1.807, 2.05) is 6.92 Å². The SMILES string of the molecule is COc1nc(N)nc2c1ncn2C1OC(COP=O)[C@@H](O)C1C. The molecule has 0 spiro atoms. The maximum absolute atomic E-state index is 10.4. The van der Waals surface area contributed by atoms with E-state index < -0.39 is 27.1 Å². The van der Waals surface area contributed by atoms with Crippen molar-refractivity contribution in [2.75, 3.05) is 19.5 Å². The Bertz CT molecular complexity index is 725. The summed E-state index contributed by atoms with van der Waals surface area (Å²) in [5, 5.41) is 10.3. The number of aliphatic hydroxyl groups excluding tert-OH is 1. The summed E-state index contributed by atoms with van der Waals surface area (Å²) in [6.07, 6.45) is -0.370. The first-order valence-electron chi connectivity index (χ1n) is 6.89. The van der Waals surface area contributed by atoms with Crippen molar-refractivity contribution in [1.29, 1.82) is 0 Å². The third kappa shape index (κ3) is 2.74. The van der Waals surface area contributed by atoms with E-state index in [2.05, 4.69) is 15.0 Å². The molecule has 124 valence electrons. The molecule has 4 atom stereocenters. The van der Waals surface area contributed by atoms with Gasteiger partial charge in [-0.1, -0.05) is 6.92 Å². The molecule has 2 aromatic rings. The number of nitrogens with zero attached hydrogens (tertiary/aromatic N) is 4. The summed E-state index contributed by atoms with van der Waals surface area (Å²) < 4.78 is 27.8. The van der Waals surface area contributed by atoms with Crippen LogP contribution in [0.4, 0.5) is 5.95 Å². The van der Waals surface area contributed by atoms with E-state index in [4.69, 9.17) is 19.7 Å². The van der Waals surface area contributed by atoms with E-state index in [0.717, 1.165) is 0 Å². The lowest BCUT2D eigenvalue weighted by Crippen LogP contribution is -2.28. The molecule has 10 nitrogen and oxygen atoms in total. The topological polar surface area (TPSA) is 135 Å². The number of nitrogen functional groups attached to an aromatic ring is 1. The molecule has 1 aliphatic rings. The van der Waals surface area contributed by atoms with Crippen molar-refractivity contribution in [3.63, 3.8) is 0 Å². The average molecular weight is 341 g/mol. The summed E-state index contributed by atoms with van der Waals surface area (Å²) in [5.74, 6) is 0.0568. The lowest BCUT2D eigenvalue weighted by atomic mass is 10.0. The Labute approximate surface area is 132 Å². The predicted molar refractivity (Wildman–Crippen MR) is 78.9 cm³/mol. The number of methoxy groups -OCH3 is 1. The average Bonchev–Trinajstić information content (AvgIpc) is 3.07. The third-order valence-corrected chi connectivity index (χ3v) is 4.10. The van der Waals surface area contributed by atoms with E-state index in [1.165, 1.54) is 13.4 Å². The molecule has 3 N–H and O–H groups in total. The second kappa shape index (κ2) is 6.32. The Morgan fingerprint density at radius 2 is 2.30 bits per heavy atom. The Morgan fingerprint density at radius 1 is 1.52 bits per heavy atom. The van der Waals surface area contributed by atoms with Crippen molar-refractivity contribution in [1.82, 2.24) is 19.5 Å². The monoisotopic (exact) mass is 341 g/mol. The largest absolute Gasteiger partial charge is 0.479 e. The number of fused-ring (bicyclic) bond motifs is 1. The molecule has 0 radical (unpaired) electrons. The van der Waals surface area contributed by atoms with Crippen LogP contribution in [0.15, 0.2) is 6.33 Å². The van der Waals surface area contributed by atoms with E-state index in [-0.39, 0.29) is 24.4 Å². The number of anilines is 1. The molecule has 0 aliphatic carbocycles. The standard InChI is InChI=1S/C12H16N5O5P/c1-5-8(18)6(3-21-23-19)22-11(5)17-4-14-7-9(17)15-12(13)16-10(7)20-2/h4-6,8,11,18H,3H2,1-2H3,(H2,13,15,16)/t5?,6?,8-,11?/m0/s1. The molecule has 3 unspecified atom stereocenters. The molecule has 0 saturated carbocycles. The first-order valence-corrected chi connectivity index (χ1v) is 7.62. The van der Waals surface area contributed by atoms with Gasteiger partial charge in [-0.05, 0) is 0 Å². The number of ether oxygens (including phenoxy) is 2. The quantitative estimate of drug-likeness (QED) is 0.747. The summed E-state index contributed by atoms with van der Waals surface area (Å²) in [6.45, 7) is 1.85. The van der Waals surface area contributed by atoms with Gasteiger partial charge in [0.15, 0.2) is 11.2 Å². The molecule has 3 rings (SSSR count). The number of aliphatic hydroxyl groups is 1. The molecule has 0 amide bonds. The summed E-state index contributed by atoms with van der Waals surface area (Å²) in [7, 11) is 1.01. The van der Waals surface area contributed by atoms with Crippen molar-refractivity contribution in [3.8, 4) is 5.88 Å². The first-order chi connectivity index (χ1) is 11.1. The van der Waals surface area contributed by atoms with E-state index in [9.17, 15) is 9.67 Å². The molecule has 0 bridgehead atoms. The summed E-state index contributed by atoms with van der Waals surface area (Å²) in [6, 6.07) is 0. The normalized spacial score (nSPS) is 27.8.